The van der Waals surface area contributed by atoms with Crippen molar-refractivity contribution in [2.45, 2.75) is 25.4 Å². The highest BCUT2D eigenvalue weighted by Gasteiger charge is 2.36. The maximum Gasteiger partial charge on any atom is 0.178 e. The molecule has 2 aliphatic rings. The van der Waals surface area contributed by atoms with Crippen molar-refractivity contribution in [1.29, 1.82) is 0 Å². The third-order valence-corrected chi connectivity index (χ3v) is 11.8. The van der Waals surface area contributed by atoms with Crippen LogP contribution in [-0.4, -0.2) is 26.2 Å². The molecule has 276 valence electrons. The largest absolute Gasteiger partial charge is 0.343 e. The van der Waals surface area contributed by atoms with Crippen LogP contribution in [0.4, 0.5) is 0 Å². The summed E-state index contributed by atoms with van der Waals surface area (Å²) >= 11 is 0. The lowest BCUT2D eigenvalue weighted by Crippen LogP contribution is -2.34. The molecule has 6 nitrogen and oxygen atoms in total. The fraction of sp³-hybridized carbons (Fsp3) is 0.0769. The number of fused-ring (bicyclic) bond motifs is 6. The van der Waals surface area contributed by atoms with E-state index in [4.69, 9.17) is 15.0 Å². The Balaban J connectivity index is 1.22. The second-order valence-electron chi connectivity index (χ2n) is 15.5. The predicted octanol–water partition coefficient (Wildman–Crippen LogP) is 11.7. The molecule has 1 aliphatic carbocycles. The third-order valence-electron chi connectivity index (χ3n) is 11.8. The van der Waals surface area contributed by atoms with Gasteiger partial charge >= 0.3 is 0 Å². The van der Waals surface area contributed by atoms with E-state index in [2.05, 4.69) is 162 Å². The summed E-state index contributed by atoms with van der Waals surface area (Å²) in [5, 5.41) is 6.13. The summed E-state index contributed by atoms with van der Waals surface area (Å²) in [5.74, 6) is 1.25. The van der Waals surface area contributed by atoms with E-state index < -0.39 is 6.17 Å². The molecule has 0 saturated heterocycles. The molecule has 3 aromatic heterocycles. The summed E-state index contributed by atoms with van der Waals surface area (Å²) in [6.45, 7) is 4.71. The molecule has 4 heterocycles. The highest BCUT2D eigenvalue weighted by molar-refractivity contribution is 6.15. The van der Waals surface area contributed by atoms with Gasteiger partial charge in [0.05, 0.1) is 22.4 Å². The van der Waals surface area contributed by atoms with Crippen molar-refractivity contribution in [2.75, 3.05) is 0 Å². The Morgan fingerprint density at radius 3 is 1.88 bits per heavy atom. The number of hydrogen-bond acceptors (Lipinski definition) is 5. The van der Waals surface area contributed by atoms with E-state index >= 15 is 0 Å². The van der Waals surface area contributed by atoms with E-state index in [-0.39, 0.29) is 5.41 Å². The van der Waals surface area contributed by atoms with Crippen LogP contribution in [0.15, 0.2) is 192 Å². The van der Waals surface area contributed by atoms with Gasteiger partial charge in [0.1, 0.15) is 11.5 Å². The molecule has 6 aromatic carbocycles. The van der Waals surface area contributed by atoms with Gasteiger partial charge in [0.15, 0.2) is 12.0 Å². The van der Waals surface area contributed by atoms with Crippen LogP contribution >= 0.6 is 0 Å². The molecule has 0 spiro atoms. The number of aromatic nitrogens is 3. The van der Waals surface area contributed by atoms with Crippen molar-refractivity contribution in [1.82, 2.24) is 19.9 Å². The summed E-state index contributed by atoms with van der Waals surface area (Å²) in [7, 11) is 0. The smallest absolute Gasteiger partial charge is 0.178 e. The van der Waals surface area contributed by atoms with Gasteiger partial charge < -0.3 is 9.88 Å². The second kappa shape index (κ2) is 13.4. The summed E-state index contributed by atoms with van der Waals surface area (Å²) in [6.07, 6.45) is 3.12. The van der Waals surface area contributed by atoms with Crippen molar-refractivity contribution in [3.8, 4) is 39.1 Å². The number of amidine groups is 2. The normalized spacial score (nSPS) is 15.4. The van der Waals surface area contributed by atoms with E-state index in [1.165, 1.54) is 38.5 Å². The Morgan fingerprint density at radius 1 is 0.517 bits per heavy atom. The van der Waals surface area contributed by atoms with Crippen LogP contribution in [-0.2, 0) is 5.41 Å². The fourth-order valence-corrected chi connectivity index (χ4v) is 8.99. The third kappa shape index (κ3) is 5.40. The minimum absolute atomic E-state index is 0.117. The van der Waals surface area contributed by atoms with Crippen molar-refractivity contribution in [2.24, 2.45) is 9.98 Å². The predicted molar refractivity (Wildman–Crippen MR) is 237 cm³/mol. The van der Waals surface area contributed by atoms with E-state index in [0.29, 0.717) is 17.4 Å². The quantitative estimate of drug-likeness (QED) is 0.184. The summed E-state index contributed by atoms with van der Waals surface area (Å²) in [4.78, 5) is 19.6. The standard InChI is InChI=1S/C52H38N6/c1-52(2)42-23-11-9-21-36(42)40-32-47-41(31-43(40)52)37-22-10-12-26-46(37)58(47)48-38(33-17-5-3-6-18-33)29-35(30-39(48)34-19-7-4-8-20-34)49-55-50(44-24-13-15-27-53-44)57-51(56-49)45-25-14-16-28-54-45/h3-32,50H,1-2H3,(H,55,56,57). The lowest BCUT2D eigenvalue weighted by atomic mass is 9.82. The van der Waals surface area contributed by atoms with Crippen LogP contribution in [0.1, 0.15) is 48.1 Å². The number of rotatable bonds is 6. The number of nitrogens with one attached hydrogen (secondary N) is 1. The summed E-state index contributed by atoms with van der Waals surface area (Å²) in [5.41, 5.74) is 15.4. The molecule has 1 N–H and O–H groups in total. The Kier molecular flexibility index (Phi) is 7.79. The number of para-hydroxylation sites is 1. The molecular formula is C52H38N6. The topological polar surface area (TPSA) is 67.5 Å². The number of pyridine rings is 2. The monoisotopic (exact) mass is 746 g/mol. The molecule has 9 aromatic rings. The maximum absolute atomic E-state index is 5.19. The van der Waals surface area contributed by atoms with Crippen LogP contribution < -0.4 is 5.32 Å². The lowest BCUT2D eigenvalue weighted by molar-refractivity contribution is 0.652. The number of benzene rings is 6. The van der Waals surface area contributed by atoms with Crippen molar-refractivity contribution < 1.29 is 0 Å². The molecule has 0 amide bonds. The minimum Gasteiger partial charge on any atom is -0.343 e. The van der Waals surface area contributed by atoms with Gasteiger partial charge in [0, 0.05) is 45.3 Å². The van der Waals surface area contributed by atoms with E-state index in [1.54, 1.807) is 12.4 Å². The van der Waals surface area contributed by atoms with Crippen molar-refractivity contribution in [3.05, 3.63) is 210 Å². The zero-order valence-corrected chi connectivity index (χ0v) is 32.1. The summed E-state index contributed by atoms with van der Waals surface area (Å²) < 4.78 is 2.50. The van der Waals surface area contributed by atoms with Gasteiger partial charge in [-0.2, -0.15) is 0 Å². The lowest BCUT2D eigenvalue weighted by Gasteiger charge is -2.25. The highest BCUT2D eigenvalue weighted by atomic mass is 15.2. The van der Waals surface area contributed by atoms with Crippen LogP contribution in [0.25, 0.3) is 60.9 Å². The van der Waals surface area contributed by atoms with Crippen LogP contribution in [0.5, 0.6) is 0 Å². The average molecular weight is 747 g/mol. The van der Waals surface area contributed by atoms with Gasteiger partial charge in [-0.25, -0.2) is 9.98 Å². The van der Waals surface area contributed by atoms with Gasteiger partial charge in [-0.1, -0.05) is 129 Å². The molecule has 0 radical (unpaired) electrons. The molecule has 11 rings (SSSR count). The first-order valence-corrected chi connectivity index (χ1v) is 19.8. The van der Waals surface area contributed by atoms with E-state index in [0.717, 1.165) is 44.7 Å². The molecule has 1 aliphatic heterocycles. The number of hydrogen-bond donors (Lipinski definition) is 1. The van der Waals surface area contributed by atoms with Crippen molar-refractivity contribution in [3.63, 3.8) is 0 Å². The average Bonchev–Trinajstić information content (AvgIpc) is 3.73. The highest BCUT2D eigenvalue weighted by Crippen LogP contribution is 2.52. The molecule has 58 heavy (non-hydrogen) atoms. The number of nitrogens with zero attached hydrogens (tertiary/aromatic N) is 5. The SMILES string of the molecule is CC1(C)c2ccccc2-c2cc3c(cc21)c1ccccc1n3-c1c(-c2ccccc2)cc(C2=NC(c3ccccn3)=NC(c3ccccn3)N2)cc1-c1ccccc1. The number of aliphatic imine (C=N–C) groups is 2. The van der Waals surface area contributed by atoms with Crippen LogP contribution in [0.2, 0.25) is 0 Å². The molecule has 6 heteroatoms. The van der Waals surface area contributed by atoms with Crippen LogP contribution in [0, 0.1) is 0 Å². The molecule has 1 unspecified atom stereocenters. The molecule has 0 bridgehead atoms. The Labute approximate surface area is 337 Å². The first-order valence-electron chi connectivity index (χ1n) is 19.8. The summed E-state index contributed by atoms with van der Waals surface area (Å²) in [6, 6.07) is 60.4. The van der Waals surface area contributed by atoms with E-state index in [1.807, 2.05) is 36.4 Å². The molecule has 0 saturated carbocycles. The Hall–Kier alpha value is -7.44. The zero-order chi connectivity index (χ0) is 38.8. The van der Waals surface area contributed by atoms with Gasteiger partial charge in [-0.05, 0) is 88.0 Å². The van der Waals surface area contributed by atoms with Gasteiger partial charge in [-0.3, -0.25) is 9.97 Å². The molecule has 1 atom stereocenters. The Bertz CT molecular complexity index is 3030. The first kappa shape index (κ1) is 33.9. The van der Waals surface area contributed by atoms with Gasteiger partial charge in [0.2, 0.25) is 0 Å². The van der Waals surface area contributed by atoms with Gasteiger partial charge in [-0.15, -0.1) is 0 Å². The fourth-order valence-electron chi connectivity index (χ4n) is 8.99. The second-order valence-corrected chi connectivity index (χ2v) is 15.5. The zero-order valence-electron chi connectivity index (χ0n) is 32.1. The molecule has 0 fully saturated rings. The first-order chi connectivity index (χ1) is 28.5. The van der Waals surface area contributed by atoms with Gasteiger partial charge in [0.25, 0.3) is 0 Å². The Morgan fingerprint density at radius 2 is 1.17 bits per heavy atom. The van der Waals surface area contributed by atoms with Crippen LogP contribution in [0.3, 0.4) is 0 Å². The van der Waals surface area contributed by atoms with Crippen molar-refractivity contribution >= 4 is 33.5 Å². The maximum atomic E-state index is 5.19. The molecular weight excluding hydrogens is 709 g/mol. The minimum atomic E-state index is -0.461. The van der Waals surface area contributed by atoms with E-state index in [9.17, 15) is 0 Å².